The molecular formula is C6H10O2. The minimum atomic E-state index is -3.29. The molecule has 0 N–H and O–H groups in total. The molecule has 8 heavy (non-hydrogen) atoms. The normalized spacial score (nSPS) is 26.2. The monoisotopic (exact) mass is 121 g/mol. The average Bonchev–Trinajstić information content (AvgIpc) is 2.00. The highest BCUT2D eigenvalue weighted by Gasteiger charge is 1.89. The smallest absolute Gasteiger partial charge is 0.330 e. The van der Waals surface area contributed by atoms with Crippen LogP contribution in [0.5, 0.6) is 0 Å². The van der Waals surface area contributed by atoms with Crippen molar-refractivity contribution < 1.29 is 19.1 Å². The average molecular weight is 121 g/mol. The van der Waals surface area contributed by atoms with Crippen molar-refractivity contribution in [3.8, 4) is 0 Å². The predicted octanol–water partition coefficient (Wildman–Crippen LogP) is 1.13. The van der Waals surface area contributed by atoms with Crippen LogP contribution < -0.4 is 0 Å². The molecule has 0 aromatic heterocycles. The molecule has 0 aliphatic rings. The summed E-state index contributed by atoms with van der Waals surface area (Å²) in [7, 11) is 0. The lowest BCUT2D eigenvalue weighted by Crippen LogP contribution is -1.99. The highest BCUT2D eigenvalue weighted by Crippen LogP contribution is 1.81. The van der Waals surface area contributed by atoms with E-state index in [9.17, 15) is 4.79 Å². The minimum Gasteiger partial charge on any atom is -0.463 e. The predicted molar refractivity (Wildman–Crippen MR) is 31.4 cm³/mol. The van der Waals surface area contributed by atoms with Crippen LogP contribution in [-0.4, -0.2) is 12.5 Å². The van der Waals surface area contributed by atoms with E-state index in [-0.39, 0.29) is 0 Å². The van der Waals surface area contributed by atoms with E-state index >= 15 is 0 Å². The molecule has 0 fully saturated rings. The summed E-state index contributed by atoms with van der Waals surface area (Å²) in [5.41, 5.74) is 0. The number of hydrogen-bond acceptors (Lipinski definition) is 2. The van der Waals surface area contributed by atoms with Crippen LogP contribution in [0.4, 0.5) is 0 Å². The molecule has 0 aliphatic carbocycles. The second-order valence-corrected chi connectivity index (χ2v) is 0.852. The molecule has 0 heterocycles. The molecule has 2 heteroatoms. The van der Waals surface area contributed by atoms with Crippen molar-refractivity contribution in [2.24, 2.45) is 0 Å². The van der Waals surface area contributed by atoms with E-state index in [1.807, 2.05) is 0 Å². The molecule has 0 spiro atoms. The van der Waals surface area contributed by atoms with Gasteiger partial charge in [0.05, 0.1) is 9.30 Å². The fourth-order valence-corrected chi connectivity index (χ4v) is 0.117. The highest BCUT2D eigenvalue weighted by atomic mass is 16.5. The van der Waals surface area contributed by atoms with Crippen molar-refractivity contribution >= 4 is 5.97 Å². The topological polar surface area (TPSA) is 26.3 Å². The molecule has 46 valence electrons. The van der Waals surface area contributed by atoms with Crippen molar-refractivity contribution in [3.63, 3.8) is 0 Å². The van der Waals surface area contributed by atoms with Gasteiger partial charge in [-0.15, -0.1) is 0 Å². The van der Waals surface area contributed by atoms with E-state index in [0.717, 1.165) is 0 Å². The van der Waals surface area contributed by atoms with Crippen molar-refractivity contribution in [3.05, 3.63) is 12.7 Å². The zero-order valence-electron chi connectivity index (χ0n) is 11.1. The summed E-state index contributed by atoms with van der Waals surface area (Å²) in [5.74, 6) is -1.23. The lowest BCUT2D eigenvalue weighted by Gasteiger charge is -1.94. The molecule has 0 saturated heterocycles. The Morgan fingerprint density at radius 1 is 2.25 bits per heavy atom. The number of rotatable bonds is 3. The maximum Gasteiger partial charge on any atom is 0.330 e. The Balaban J connectivity index is 5.01. The van der Waals surface area contributed by atoms with Crippen LogP contribution in [0.3, 0.4) is 0 Å². The first-order valence-electron chi connectivity index (χ1n) is 5.31. The summed E-state index contributed by atoms with van der Waals surface area (Å²) in [5, 5.41) is 0. The molecule has 0 radical (unpaired) electrons. The Morgan fingerprint density at radius 2 is 3.00 bits per heavy atom. The lowest BCUT2D eigenvalue weighted by atomic mass is 10.5. The molecule has 0 saturated carbocycles. The molecule has 0 aromatic carbocycles. The van der Waals surface area contributed by atoms with Crippen LogP contribution in [0.2, 0.25) is 0 Å². The SMILES string of the molecule is [2H]C([2H])([2H])C([2H])([2H])C([2H])([2H])OC(=O)C=C. The Bertz CT molecular complexity index is 267. The van der Waals surface area contributed by atoms with Gasteiger partial charge in [0.2, 0.25) is 0 Å². The van der Waals surface area contributed by atoms with Crippen LogP contribution in [0.15, 0.2) is 12.7 Å². The first kappa shape index (κ1) is 1.59. The first-order chi connectivity index (χ1) is 6.45. The molecule has 0 atom stereocenters. The summed E-state index contributed by atoms with van der Waals surface area (Å²) in [6.45, 7) is -3.50. The van der Waals surface area contributed by atoms with Crippen LogP contribution >= 0.6 is 0 Å². The fraction of sp³-hybridized carbons (Fsp3) is 0.500. The highest BCUT2D eigenvalue weighted by molar-refractivity contribution is 5.81. The molecule has 0 rings (SSSR count). The van der Waals surface area contributed by atoms with Gasteiger partial charge in [-0.05, 0) is 6.37 Å². The summed E-state index contributed by atoms with van der Waals surface area (Å²) in [6.07, 6.45) is -2.67. The molecule has 0 aliphatic heterocycles. The third kappa shape index (κ3) is 3.40. The number of hydrogen-bond donors (Lipinski definition) is 0. The van der Waals surface area contributed by atoms with Gasteiger partial charge in [-0.3, -0.25) is 0 Å². The van der Waals surface area contributed by atoms with Crippen molar-refractivity contribution in [1.82, 2.24) is 0 Å². The zero-order valence-corrected chi connectivity index (χ0v) is 4.10. The van der Waals surface area contributed by atoms with Crippen molar-refractivity contribution in [2.75, 3.05) is 6.56 Å². The van der Waals surface area contributed by atoms with Crippen LogP contribution in [0, 0.1) is 0 Å². The quantitative estimate of drug-likeness (QED) is 0.413. The van der Waals surface area contributed by atoms with E-state index < -0.39 is 25.8 Å². The van der Waals surface area contributed by atoms with Crippen LogP contribution in [0.25, 0.3) is 0 Å². The molecule has 0 unspecified atom stereocenters. The molecule has 0 amide bonds. The lowest BCUT2D eigenvalue weighted by molar-refractivity contribution is -0.137. The number of ether oxygens (including phenoxy) is 1. The van der Waals surface area contributed by atoms with Gasteiger partial charge in [0.25, 0.3) is 0 Å². The largest absolute Gasteiger partial charge is 0.463 e. The third-order valence-corrected chi connectivity index (χ3v) is 0.369. The molecular weight excluding hydrogens is 104 g/mol. The van der Waals surface area contributed by atoms with Gasteiger partial charge < -0.3 is 4.74 Å². The van der Waals surface area contributed by atoms with Crippen LogP contribution in [0.1, 0.15) is 22.8 Å². The van der Waals surface area contributed by atoms with Gasteiger partial charge in [0.15, 0.2) is 0 Å². The van der Waals surface area contributed by atoms with Crippen molar-refractivity contribution in [2.45, 2.75) is 13.2 Å². The van der Waals surface area contributed by atoms with Crippen LogP contribution in [-0.2, 0) is 9.53 Å². The van der Waals surface area contributed by atoms with E-state index in [1.54, 1.807) is 0 Å². The van der Waals surface area contributed by atoms with Gasteiger partial charge >= 0.3 is 5.97 Å². The Hall–Kier alpha value is -0.790. The third-order valence-electron chi connectivity index (χ3n) is 0.369. The maximum atomic E-state index is 10.7. The van der Waals surface area contributed by atoms with Gasteiger partial charge in [0.1, 0.15) is 0 Å². The van der Waals surface area contributed by atoms with E-state index in [0.29, 0.717) is 6.08 Å². The second-order valence-electron chi connectivity index (χ2n) is 0.852. The Morgan fingerprint density at radius 3 is 3.50 bits per heavy atom. The van der Waals surface area contributed by atoms with E-state index in [1.165, 1.54) is 0 Å². The first-order valence-corrected chi connectivity index (χ1v) is 1.81. The Labute approximate surface area is 59.0 Å². The molecule has 2 nitrogen and oxygen atoms in total. The maximum absolute atomic E-state index is 10.7. The van der Waals surface area contributed by atoms with E-state index in [4.69, 9.17) is 9.60 Å². The number of carbonyl (C=O) groups excluding carboxylic acids is 1. The van der Waals surface area contributed by atoms with Gasteiger partial charge in [-0.1, -0.05) is 13.4 Å². The molecule has 0 bridgehead atoms. The summed E-state index contributed by atoms with van der Waals surface area (Å²) >= 11 is 0. The van der Waals surface area contributed by atoms with Crippen molar-refractivity contribution in [1.29, 1.82) is 0 Å². The number of carbonyl (C=O) groups is 1. The van der Waals surface area contributed by atoms with Gasteiger partial charge in [0, 0.05) is 12.9 Å². The Kier molecular flexibility index (Phi) is 0.871. The van der Waals surface area contributed by atoms with Gasteiger partial charge in [-0.2, -0.15) is 0 Å². The fourth-order valence-electron chi connectivity index (χ4n) is 0.117. The minimum absolute atomic E-state index is 0.618. The summed E-state index contributed by atoms with van der Waals surface area (Å²) in [4.78, 5) is 10.7. The summed E-state index contributed by atoms with van der Waals surface area (Å²) in [6, 6.07) is 0. The second kappa shape index (κ2) is 4.37. The molecule has 0 aromatic rings. The summed E-state index contributed by atoms with van der Waals surface area (Å²) < 4.78 is 52.6. The zero-order chi connectivity index (χ0) is 12.5. The number of esters is 1. The van der Waals surface area contributed by atoms with Gasteiger partial charge in [-0.25, -0.2) is 4.79 Å². The van der Waals surface area contributed by atoms with E-state index in [2.05, 4.69) is 11.3 Å². The standard InChI is InChI=1S/C6H10O2/c1-3-5-8-6(7)4-2/h4H,2-3,5H2,1H3/i1D3,3D2,5D2.